The minimum Gasteiger partial charge on any atom is -0.480 e. The molecule has 16 heavy (non-hydrogen) atoms. The van der Waals surface area contributed by atoms with Crippen molar-refractivity contribution < 1.29 is 27.5 Å². The number of rotatable bonds is 5. The number of halogens is 4. The molecule has 0 saturated carbocycles. The van der Waals surface area contributed by atoms with E-state index in [-0.39, 0.29) is 0 Å². The van der Waals surface area contributed by atoms with E-state index >= 15 is 0 Å². The van der Waals surface area contributed by atoms with E-state index in [1.165, 1.54) is 0 Å². The first kappa shape index (κ1) is 17.3. The van der Waals surface area contributed by atoms with Gasteiger partial charge in [-0.3, -0.25) is 4.79 Å². The molecule has 0 aliphatic heterocycles. The van der Waals surface area contributed by atoms with Crippen molar-refractivity contribution in [1.29, 1.82) is 0 Å². The largest absolute Gasteiger partial charge is 0.480 e. The molecule has 0 fully saturated rings. The van der Waals surface area contributed by atoms with E-state index in [0.29, 0.717) is 13.0 Å². The Morgan fingerprint density at radius 1 is 1.12 bits per heavy atom. The van der Waals surface area contributed by atoms with Gasteiger partial charge in [0, 0.05) is 0 Å². The quantitative estimate of drug-likeness (QED) is 0.506. The predicted octanol–water partition coefficient (Wildman–Crippen LogP) is 1.52. The molecule has 1 atom stereocenters. The van der Waals surface area contributed by atoms with E-state index in [2.05, 4.69) is 0 Å². The molecule has 0 bridgehead atoms. The molecule has 0 radical (unpaired) electrons. The molecule has 0 aliphatic rings. The minimum absolute atomic E-state index is 0.520. The number of unbranched alkanes of at least 4 members (excludes halogenated alkanes) is 1. The van der Waals surface area contributed by atoms with Gasteiger partial charge in [0.05, 0.1) is 0 Å². The number of hydrogen-bond donors (Lipinski definition) is 3. The van der Waals surface area contributed by atoms with Crippen LogP contribution in [0.25, 0.3) is 0 Å². The van der Waals surface area contributed by atoms with Gasteiger partial charge in [0.2, 0.25) is 0 Å². The lowest BCUT2D eigenvalue weighted by Gasteiger charge is -2.03. The molecular formula is C8H14F4N2O2. The fraction of sp³-hybridized carbons (Fsp3) is 0.625. The second-order valence-electron chi connectivity index (χ2n) is 2.75. The topological polar surface area (TPSA) is 89.3 Å². The lowest BCUT2D eigenvalue weighted by atomic mass is 10.1. The molecule has 0 rings (SSSR count). The second-order valence-corrected chi connectivity index (χ2v) is 2.75. The third-order valence-electron chi connectivity index (χ3n) is 1.43. The van der Waals surface area contributed by atoms with Crippen molar-refractivity contribution in [3.63, 3.8) is 0 Å². The van der Waals surface area contributed by atoms with Crippen LogP contribution in [0.3, 0.4) is 0 Å². The SMILES string of the molecule is FC(F)=C(F)F.NCCCCC(N)C(=O)O. The molecule has 0 aromatic carbocycles. The lowest BCUT2D eigenvalue weighted by molar-refractivity contribution is -0.138. The lowest BCUT2D eigenvalue weighted by Crippen LogP contribution is -2.29. The van der Waals surface area contributed by atoms with E-state index < -0.39 is 24.2 Å². The smallest absolute Gasteiger partial charge is 0.334 e. The van der Waals surface area contributed by atoms with Crippen LogP contribution in [0.4, 0.5) is 17.6 Å². The van der Waals surface area contributed by atoms with Crippen LogP contribution < -0.4 is 11.5 Å². The van der Waals surface area contributed by atoms with Crippen LogP contribution in [-0.2, 0) is 4.79 Å². The van der Waals surface area contributed by atoms with Gasteiger partial charge in [0.25, 0.3) is 0 Å². The van der Waals surface area contributed by atoms with Crippen LogP contribution in [-0.4, -0.2) is 23.7 Å². The summed E-state index contributed by atoms with van der Waals surface area (Å²) in [4.78, 5) is 10.1. The molecule has 96 valence electrons. The van der Waals surface area contributed by atoms with Crippen molar-refractivity contribution in [2.45, 2.75) is 25.3 Å². The standard InChI is InChI=1S/C6H14N2O2.C2F4/c7-4-2-1-3-5(8)6(9)10;3-1(4)2(5)6/h5H,1-4,7-8H2,(H,9,10);. The highest BCUT2D eigenvalue weighted by molar-refractivity contribution is 5.72. The third-order valence-corrected chi connectivity index (χ3v) is 1.43. The molecule has 0 aromatic heterocycles. The zero-order chi connectivity index (χ0) is 13.1. The Hall–Kier alpha value is -1.15. The minimum atomic E-state index is -2.91. The maximum absolute atomic E-state index is 10.3. The molecule has 0 aromatic rings. The van der Waals surface area contributed by atoms with Gasteiger partial charge in [-0.2, -0.15) is 17.6 Å². The van der Waals surface area contributed by atoms with Gasteiger partial charge in [-0.1, -0.05) is 6.42 Å². The molecule has 4 nitrogen and oxygen atoms in total. The summed E-state index contributed by atoms with van der Waals surface area (Å²) in [5.74, 6) is -0.933. The molecule has 0 spiro atoms. The first-order chi connectivity index (χ1) is 7.32. The molecule has 8 heteroatoms. The number of carboxylic acid groups (broad SMARTS) is 1. The van der Waals surface area contributed by atoms with Crippen molar-refractivity contribution in [2.24, 2.45) is 11.5 Å². The summed E-state index contributed by atoms with van der Waals surface area (Å²) >= 11 is 0. The number of aliphatic carboxylic acids is 1. The van der Waals surface area contributed by atoms with Crippen LogP contribution in [0.2, 0.25) is 0 Å². The average molecular weight is 246 g/mol. The Labute approximate surface area is 89.9 Å². The summed E-state index contributed by atoms with van der Waals surface area (Å²) in [6.45, 7) is 0.604. The highest BCUT2D eigenvalue weighted by Gasteiger charge is 2.09. The molecule has 0 amide bonds. The summed E-state index contributed by atoms with van der Waals surface area (Å²) in [7, 11) is 0. The fourth-order valence-corrected chi connectivity index (χ4v) is 0.632. The van der Waals surface area contributed by atoms with Gasteiger partial charge in [-0.15, -0.1) is 0 Å². The maximum Gasteiger partial charge on any atom is 0.334 e. The second kappa shape index (κ2) is 10.4. The van der Waals surface area contributed by atoms with Gasteiger partial charge in [-0.05, 0) is 19.4 Å². The summed E-state index contributed by atoms with van der Waals surface area (Å²) in [6, 6.07) is -0.716. The predicted molar refractivity (Wildman–Crippen MR) is 50.0 cm³/mol. The normalized spacial score (nSPS) is 11.1. The van der Waals surface area contributed by atoms with Crippen LogP contribution in [0.15, 0.2) is 12.2 Å². The van der Waals surface area contributed by atoms with Crippen molar-refractivity contribution in [3.05, 3.63) is 12.2 Å². The van der Waals surface area contributed by atoms with Crippen molar-refractivity contribution in [1.82, 2.24) is 0 Å². The van der Waals surface area contributed by atoms with Crippen molar-refractivity contribution in [2.75, 3.05) is 6.54 Å². The third kappa shape index (κ3) is 12.8. The van der Waals surface area contributed by atoms with E-state index in [9.17, 15) is 22.4 Å². The number of hydrogen-bond acceptors (Lipinski definition) is 3. The van der Waals surface area contributed by atoms with Crippen molar-refractivity contribution >= 4 is 5.97 Å². The Bertz CT molecular complexity index is 218. The number of carboxylic acids is 1. The van der Waals surface area contributed by atoms with Crippen LogP contribution in [0.5, 0.6) is 0 Å². The molecule has 0 heterocycles. The number of nitrogens with two attached hydrogens (primary N) is 2. The Morgan fingerprint density at radius 3 is 1.81 bits per heavy atom. The molecule has 0 saturated heterocycles. The molecular weight excluding hydrogens is 232 g/mol. The summed E-state index contributed by atoms with van der Waals surface area (Å²) in [5, 5.41) is 8.33. The summed E-state index contributed by atoms with van der Waals surface area (Å²) in [5.41, 5.74) is 10.4. The summed E-state index contributed by atoms with van der Waals surface area (Å²) in [6.07, 6.45) is -3.65. The maximum atomic E-state index is 10.3. The van der Waals surface area contributed by atoms with E-state index in [0.717, 1.165) is 12.8 Å². The van der Waals surface area contributed by atoms with Gasteiger partial charge in [0.1, 0.15) is 6.04 Å². The average Bonchev–Trinajstić information content (AvgIpc) is 2.18. The zero-order valence-electron chi connectivity index (χ0n) is 8.43. The van der Waals surface area contributed by atoms with Gasteiger partial charge in [0.15, 0.2) is 0 Å². The monoisotopic (exact) mass is 246 g/mol. The molecule has 1 unspecified atom stereocenters. The Kier molecular flexibility index (Phi) is 11.2. The first-order valence-corrected chi connectivity index (χ1v) is 4.37. The van der Waals surface area contributed by atoms with Crippen molar-refractivity contribution in [3.8, 4) is 0 Å². The molecule has 0 aliphatic carbocycles. The van der Waals surface area contributed by atoms with Gasteiger partial charge >= 0.3 is 18.1 Å². The van der Waals surface area contributed by atoms with Gasteiger partial charge < -0.3 is 16.6 Å². The van der Waals surface area contributed by atoms with Gasteiger partial charge in [-0.25, -0.2) is 0 Å². The van der Waals surface area contributed by atoms with E-state index in [4.69, 9.17) is 16.6 Å². The van der Waals surface area contributed by atoms with Crippen LogP contribution in [0, 0.1) is 0 Å². The van der Waals surface area contributed by atoms with E-state index in [1.54, 1.807) is 0 Å². The van der Waals surface area contributed by atoms with Crippen LogP contribution >= 0.6 is 0 Å². The first-order valence-electron chi connectivity index (χ1n) is 4.37. The van der Waals surface area contributed by atoms with E-state index in [1.807, 2.05) is 0 Å². The molecule has 5 N–H and O–H groups in total. The zero-order valence-corrected chi connectivity index (χ0v) is 8.43. The number of carbonyl (C=O) groups is 1. The Morgan fingerprint density at radius 2 is 1.56 bits per heavy atom. The highest BCUT2D eigenvalue weighted by atomic mass is 19.3. The highest BCUT2D eigenvalue weighted by Crippen LogP contribution is 2.08. The Balaban J connectivity index is 0. The van der Waals surface area contributed by atoms with Crippen LogP contribution in [0.1, 0.15) is 19.3 Å². The summed E-state index contributed by atoms with van der Waals surface area (Å²) < 4.78 is 41.1. The fourth-order valence-electron chi connectivity index (χ4n) is 0.632.